The number of carbonyl (C=O) groups is 2. The van der Waals surface area contributed by atoms with Gasteiger partial charge in [-0.25, -0.2) is 4.79 Å². The molecular weight excluding hydrogens is 308 g/mol. The summed E-state index contributed by atoms with van der Waals surface area (Å²) >= 11 is 5.89. The van der Waals surface area contributed by atoms with Crippen LogP contribution in [0.2, 0.25) is 5.02 Å². The van der Waals surface area contributed by atoms with E-state index in [0.29, 0.717) is 24.3 Å². The largest absolute Gasteiger partial charge is 0.451 e. The number of amides is 1. The number of halogens is 1. The molecule has 22 heavy (non-hydrogen) atoms. The van der Waals surface area contributed by atoms with E-state index in [-0.39, 0.29) is 5.02 Å². The molecule has 1 aliphatic rings. The molecule has 2 atom stereocenters. The second-order valence-corrected chi connectivity index (χ2v) is 5.28. The molecule has 7 heteroatoms. The SMILES string of the molecule is C[C@@H](OC(=O)[C@@H]1CCCO1)C(=O)Nc1ccc(C#N)c(Cl)c1. The summed E-state index contributed by atoms with van der Waals surface area (Å²) in [7, 11) is 0. The molecule has 6 nitrogen and oxygen atoms in total. The van der Waals surface area contributed by atoms with Gasteiger partial charge >= 0.3 is 5.97 Å². The molecule has 2 rings (SSSR count). The number of anilines is 1. The van der Waals surface area contributed by atoms with Gasteiger partial charge in [0.1, 0.15) is 6.07 Å². The molecule has 1 aliphatic heterocycles. The van der Waals surface area contributed by atoms with E-state index < -0.39 is 24.1 Å². The zero-order chi connectivity index (χ0) is 16.1. The number of benzene rings is 1. The Morgan fingerprint density at radius 1 is 1.55 bits per heavy atom. The summed E-state index contributed by atoms with van der Waals surface area (Å²) in [5, 5.41) is 11.6. The van der Waals surface area contributed by atoms with Gasteiger partial charge in [-0.1, -0.05) is 11.6 Å². The van der Waals surface area contributed by atoms with Gasteiger partial charge in [0, 0.05) is 12.3 Å². The lowest BCUT2D eigenvalue weighted by Gasteiger charge is -2.16. The van der Waals surface area contributed by atoms with E-state index >= 15 is 0 Å². The van der Waals surface area contributed by atoms with Crippen LogP contribution < -0.4 is 5.32 Å². The van der Waals surface area contributed by atoms with Crippen molar-refractivity contribution in [3.8, 4) is 6.07 Å². The van der Waals surface area contributed by atoms with E-state index in [9.17, 15) is 9.59 Å². The van der Waals surface area contributed by atoms with Crippen molar-refractivity contribution >= 4 is 29.2 Å². The van der Waals surface area contributed by atoms with Gasteiger partial charge in [-0.15, -0.1) is 0 Å². The van der Waals surface area contributed by atoms with Crippen LogP contribution in [0.1, 0.15) is 25.3 Å². The van der Waals surface area contributed by atoms with E-state index in [0.717, 1.165) is 6.42 Å². The number of ether oxygens (including phenoxy) is 2. The molecule has 0 saturated carbocycles. The van der Waals surface area contributed by atoms with Gasteiger partial charge in [0.25, 0.3) is 5.91 Å². The molecule has 1 N–H and O–H groups in total. The first kappa shape index (κ1) is 16.3. The molecule has 1 saturated heterocycles. The van der Waals surface area contributed by atoms with Gasteiger partial charge in [0.15, 0.2) is 12.2 Å². The summed E-state index contributed by atoms with van der Waals surface area (Å²) in [5.74, 6) is -1.01. The molecule has 1 aromatic rings. The van der Waals surface area contributed by atoms with Crippen molar-refractivity contribution in [3.05, 3.63) is 28.8 Å². The number of rotatable bonds is 4. The predicted octanol–water partition coefficient (Wildman–Crippen LogP) is 2.26. The Morgan fingerprint density at radius 2 is 2.32 bits per heavy atom. The van der Waals surface area contributed by atoms with Crippen molar-refractivity contribution in [3.63, 3.8) is 0 Å². The third kappa shape index (κ3) is 3.97. The highest BCUT2D eigenvalue weighted by Crippen LogP contribution is 2.20. The van der Waals surface area contributed by atoms with Crippen molar-refractivity contribution in [2.45, 2.75) is 32.0 Å². The summed E-state index contributed by atoms with van der Waals surface area (Å²) < 4.78 is 10.3. The van der Waals surface area contributed by atoms with E-state index in [4.69, 9.17) is 26.3 Å². The van der Waals surface area contributed by atoms with Gasteiger partial charge in [-0.2, -0.15) is 5.26 Å². The van der Waals surface area contributed by atoms with Crippen LogP contribution in [0, 0.1) is 11.3 Å². The number of hydrogen-bond acceptors (Lipinski definition) is 5. The molecule has 1 heterocycles. The quantitative estimate of drug-likeness (QED) is 0.859. The highest BCUT2D eigenvalue weighted by atomic mass is 35.5. The number of nitrogens with one attached hydrogen (secondary N) is 1. The first-order valence-corrected chi connectivity index (χ1v) is 7.21. The molecule has 116 valence electrons. The van der Waals surface area contributed by atoms with Gasteiger partial charge in [0.05, 0.1) is 10.6 Å². The lowest BCUT2D eigenvalue weighted by molar-refractivity contribution is -0.162. The zero-order valence-corrected chi connectivity index (χ0v) is 12.7. The minimum Gasteiger partial charge on any atom is -0.451 e. The number of hydrogen-bond donors (Lipinski definition) is 1. The molecule has 1 amide bonds. The maximum Gasteiger partial charge on any atom is 0.336 e. The van der Waals surface area contributed by atoms with Crippen LogP contribution in [0.25, 0.3) is 0 Å². The molecule has 0 aliphatic carbocycles. The Morgan fingerprint density at radius 3 is 2.91 bits per heavy atom. The summed E-state index contributed by atoms with van der Waals surface area (Å²) in [4.78, 5) is 23.8. The average Bonchev–Trinajstić information content (AvgIpc) is 3.01. The molecule has 0 aromatic heterocycles. The molecule has 0 bridgehead atoms. The maximum absolute atomic E-state index is 12.0. The minimum absolute atomic E-state index is 0.240. The Labute approximate surface area is 133 Å². The second-order valence-electron chi connectivity index (χ2n) is 4.88. The maximum atomic E-state index is 12.0. The normalized spacial score (nSPS) is 18.3. The second kappa shape index (κ2) is 7.25. The Hall–Kier alpha value is -2.10. The van der Waals surface area contributed by atoms with Crippen LogP contribution in [-0.4, -0.2) is 30.7 Å². The third-order valence-corrected chi connectivity index (χ3v) is 3.52. The van der Waals surface area contributed by atoms with Gasteiger partial charge in [-0.3, -0.25) is 4.79 Å². The van der Waals surface area contributed by atoms with E-state index in [1.807, 2.05) is 6.07 Å². The Kier molecular flexibility index (Phi) is 5.36. The number of nitriles is 1. The molecule has 1 fully saturated rings. The van der Waals surface area contributed by atoms with Crippen molar-refractivity contribution in [1.82, 2.24) is 0 Å². The summed E-state index contributed by atoms with van der Waals surface area (Å²) in [6.07, 6.45) is -0.117. The van der Waals surface area contributed by atoms with Crippen molar-refractivity contribution < 1.29 is 19.1 Å². The molecule has 0 spiro atoms. The van der Waals surface area contributed by atoms with Crippen LogP contribution in [0.15, 0.2) is 18.2 Å². The summed E-state index contributed by atoms with van der Waals surface area (Å²) in [6, 6.07) is 6.45. The fourth-order valence-electron chi connectivity index (χ4n) is 1.99. The fourth-order valence-corrected chi connectivity index (χ4v) is 2.22. The van der Waals surface area contributed by atoms with Crippen molar-refractivity contribution in [2.24, 2.45) is 0 Å². The van der Waals surface area contributed by atoms with Crippen LogP contribution in [0.3, 0.4) is 0 Å². The third-order valence-electron chi connectivity index (χ3n) is 3.21. The number of nitrogens with zero attached hydrogens (tertiary/aromatic N) is 1. The highest BCUT2D eigenvalue weighted by molar-refractivity contribution is 6.32. The fraction of sp³-hybridized carbons (Fsp3) is 0.400. The van der Waals surface area contributed by atoms with Crippen LogP contribution in [0.4, 0.5) is 5.69 Å². The summed E-state index contributed by atoms with van der Waals surface area (Å²) in [6.45, 7) is 2.01. The molecule has 1 aromatic carbocycles. The highest BCUT2D eigenvalue weighted by Gasteiger charge is 2.28. The van der Waals surface area contributed by atoms with E-state index in [1.54, 1.807) is 6.07 Å². The Balaban J connectivity index is 1.92. The number of carbonyl (C=O) groups excluding carboxylic acids is 2. The minimum atomic E-state index is -0.953. The van der Waals surface area contributed by atoms with Crippen molar-refractivity contribution in [1.29, 1.82) is 5.26 Å². The number of esters is 1. The average molecular weight is 323 g/mol. The topological polar surface area (TPSA) is 88.4 Å². The molecular formula is C15H15ClN2O4. The zero-order valence-electron chi connectivity index (χ0n) is 12.0. The molecule has 0 unspecified atom stereocenters. The Bertz CT molecular complexity index is 620. The standard InChI is InChI=1S/C15H15ClN2O4/c1-9(22-15(20)13-3-2-6-21-13)14(19)18-11-5-4-10(8-17)12(16)7-11/h4-5,7,9,13H,2-3,6H2,1H3,(H,18,19)/t9-,13+/m1/s1. The lowest BCUT2D eigenvalue weighted by Crippen LogP contribution is -2.34. The summed E-state index contributed by atoms with van der Waals surface area (Å²) in [5.41, 5.74) is 0.742. The monoisotopic (exact) mass is 322 g/mol. The lowest BCUT2D eigenvalue weighted by atomic mass is 10.2. The predicted molar refractivity (Wildman–Crippen MR) is 79.3 cm³/mol. The van der Waals surface area contributed by atoms with Crippen LogP contribution >= 0.6 is 11.6 Å². The van der Waals surface area contributed by atoms with Gasteiger partial charge in [0.2, 0.25) is 0 Å². The van der Waals surface area contributed by atoms with Crippen molar-refractivity contribution in [2.75, 3.05) is 11.9 Å². The van der Waals surface area contributed by atoms with Gasteiger partial charge in [-0.05, 0) is 38.0 Å². The van der Waals surface area contributed by atoms with Crippen LogP contribution in [0.5, 0.6) is 0 Å². The first-order valence-electron chi connectivity index (χ1n) is 6.84. The van der Waals surface area contributed by atoms with Crippen LogP contribution in [-0.2, 0) is 19.1 Å². The first-order chi connectivity index (χ1) is 10.5. The van der Waals surface area contributed by atoms with E-state index in [2.05, 4.69) is 5.32 Å². The molecule has 0 radical (unpaired) electrons. The van der Waals surface area contributed by atoms with E-state index in [1.165, 1.54) is 19.1 Å². The smallest absolute Gasteiger partial charge is 0.336 e. The van der Waals surface area contributed by atoms with Gasteiger partial charge < -0.3 is 14.8 Å².